The van der Waals surface area contributed by atoms with Crippen LogP contribution in [0.1, 0.15) is 31.4 Å². The minimum Gasteiger partial charge on any atom is -0.383 e. The normalized spacial score (nSPS) is 10.2. The maximum Gasteiger partial charge on any atom is 0.0637 e. The van der Waals surface area contributed by atoms with Crippen molar-refractivity contribution in [1.29, 1.82) is 0 Å². The van der Waals surface area contributed by atoms with Crippen LogP contribution < -0.4 is 9.80 Å². The number of benzene rings is 2. The van der Waals surface area contributed by atoms with E-state index in [1.54, 1.807) is 14.2 Å². The summed E-state index contributed by atoms with van der Waals surface area (Å²) in [4.78, 5) is 4.41. The quantitative estimate of drug-likeness (QED) is 0.582. The van der Waals surface area contributed by atoms with E-state index in [9.17, 15) is 0 Å². The fraction of sp³-hybridized carbons (Fsp3) is 0.500. The molecule has 28 heavy (non-hydrogen) atoms. The summed E-state index contributed by atoms with van der Waals surface area (Å²) in [6.07, 6.45) is 2.20. The average Bonchev–Trinajstić information content (AvgIpc) is 2.70. The van der Waals surface area contributed by atoms with E-state index >= 15 is 0 Å². The van der Waals surface area contributed by atoms with Gasteiger partial charge in [-0.1, -0.05) is 44.5 Å². The number of hydrogen-bond donors (Lipinski definition) is 0. The van der Waals surface area contributed by atoms with Crippen LogP contribution >= 0.6 is 0 Å². The van der Waals surface area contributed by atoms with Gasteiger partial charge in [-0.15, -0.1) is 0 Å². The lowest BCUT2D eigenvalue weighted by Gasteiger charge is -2.24. The molecule has 0 saturated carbocycles. The fourth-order valence-corrected chi connectivity index (χ4v) is 2.75. The minimum absolute atomic E-state index is 0.712. The lowest BCUT2D eigenvalue weighted by atomic mass is 10.0. The third-order valence-corrected chi connectivity index (χ3v) is 4.29. The predicted molar refractivity (Wildman–Crippen MR) is 122 cm³/mol. The van der Waals surface area contributed by atoms with E-state index < -0.39 is 0 Å². The molecule has 2 aromatic carbocycles. The first-order valence-corrected chi connectivity index (χ1v) is 10.1. The highest BCUT2D eigenvalue weighted by Gasteiger charge is 2.06. The zero-order chi connectivity index (χ0) is 20.8. The number of ether oxygens (including phenoxy) is 2. The van der Waals surface area contributed by atoms with Crippen molar-refractivity contribution < 1.29 is 9.47 Å². The average molecular weight is 387 g/mol. The largest absolute Gasteiger partial charge is 0.383 e. The van der Waals surface area contributed by atoms with Crippen LogP contribution in [0.2, 0.25) is 0 Å². The first-order chi connectivity index (χ1) is 13.5. The van der Waals surface area contributed by atoms with Crippen molar-refractivity contribution in [1.82, 2.24) is 0 Å². The van der Waals surface area contributed by atoms with Crippen LogP contribution in [0, 0.1) is 0 Å². The van der Waals surface area contributed by atoms with Crippen molar-refractivity contribution in [3.8, 4) is 0 Å². The maximum absolute atomic E-state index is 5.22. The molecule has 0 aliphatic carbocycles. The number of nitrogens with zero attached hydrogens (tertiary/aromatic N) is 2. The molecule has 0 fully saturated rings. The molecule has 0 saturated heterocycles. The summed E-state index contributed by atoms with van der Waals surface area (Å²) in [5.74, 6) is 0. The van der Waals surface area contributed by atoms with Crippen LogP contribution in [0.25, 0.3) is 0 Å². The number of methoxy groups -OCH3 is 2. The zero-order valence-electron chi connectivity index (χ0n) is 18.6. The predicted octanol–water partition coefficient (Wildman–Crippen LogP) is 4.86. The second-order valence-corrected chi connectivity index (χ2v) is 7.08. The summed E-state index contributed by atoms with van der Waals surface area (Å²) in [6, 6.07) is 17.5. The maximum atomic E-state index is 5.22. The molecule has 0 aliphatic rings. The van der Waals surface area contributed by atoms with Crippen LogP contribution in [0.5, 0.6) is 0 Å². The van der Waals surface area contributed by atoms with Gasteiger partial charge in [-0.05, 0) is 41.8 Å². The summed E-state index contributed by atoms with van der Waals surface area (Å²) in [7, 11) is 7.59. The number of hydrogen-bond acceptors (Lipinski definition) is 4. The Morgan fingerprint density at radius 3 is 1.43 bits per heavy atom. The minimum atomic E-state index is 0.712. The van der Waals surface area contributed by atoms with Gasteiger partial charge in [-0.2, -0.15) is 0 Å². The lowest BCUT2D eigenvalue weighted by molar-refractivity contribution is 0.190. The third-order valence-electron chi connectivity index (χ3n) is 4.29. The summed E-state index contributed by atoms with van der Waals surface area (Å²) in [6.45, 7) is 7.41. The Bertz CT molecular complexity index is 616. The van der Waals surface area contributed by atoms with Crippen LogP contribution in [0.15, 0.2) is 48.5 Å². The van der Waals surface area contributed by atoms with E-state index in [-0.39, 0.29) is 0 Å². The van der Waals surface area contributed by atoms with Gasteiger partial charge in [0.15, 0.2) is 0 Å². The topological polar surface area (TPSA) is 24.9 Å². The first kappa shape index (κ1) is 24.0. The Morgan fingerprint density at radius 1 is 0.679 bits per heavy atom. The van der Waals surface area contributed by atoms with E-state index in [0.717, 1.165) is 19.5 Å². The van der Waals surface area contributed by atoms with Crippen molar-refractivity contribution in [2.45, 2.75) is 26.7 Å². The smallest absolute Gasteiger partial charge is 0.0637 e. The molecule has 0 aromatic heterocycles. The molecule has 2 rings (SSSR count). The molecule has 156 valence electrons. The van der Waals surface area contributed by atoms with Gasteiger partial charge < -0.3 is 19.3 Å². The molecular formula is C24H38N2O2. The molecule has 0 N–H and O–H groups in total. The van der Waals surface area contributed by atoms with Crippen molar-refractivity contribution >= 4 is 11.4 Å². The van der Waals surface area contributed by atoms with Gasteiger partial charge in [0.1, 0.15) is 0 Å². The van der Waals surface area contributed by atoms with E-state index in [4.69, 9.17) is 9.47 Å². The van der Waals surface area contributed by atoms with E-state index in [0.29, 0.717) is 13.2 Å². The summed E-state index contributed by atoms with van der Waals surface area (Å²) < 4.78 is 10.4. The third kappa shape index (κ3) is 8.77. The molecule has 0 atom stereocenters. The molecule has 0 amide bonds. The molecular weight excluding hydrogens is 348 g/mol. The van der Waals surface area contributed by atoms with E-state index in [1.165, 1.54) is 28.9 Å². The van der Waals surface area contributed by atoms with E-state index in [1.807, 2.05) is 0 Å². The van der Waals surface area contributed by atoms with E-state index in [2.05, 4.69) is 86.3 Å². The van der Waals surface area contributed by atoms with Gasteiger partial charge in [0.05, 0.1) is 13.2 Å². The van der Waals surface area contributed by atoms with Gasteiger partial charge in [-0.25, -0.2) is 0 Å². The number of rotatable bonds is 10. The Labute approximate surface area is 172 Å². The molecule has 0 unspecified atom stereocenters. The second kappa shape index (κ2) is 14.0. The van der Waals surface area contributed by atoms with Crippen molar-refractivity contribution in [3.05, 3.63) is 59.7 Å². The highest BCUT2D eigenvalue weighted by molar-refractivity contribution is 5.49. The SMILES string of the molecule is CCC.COCCN(CCOC)c1ccc(Cc2ccc(N(C)C)cc2)cc1. The highest BCUT2D eigenvalue weighted by atomic mass is 16.5. The van der Waals surface area contributed by atoms with Crippen LogP contribution in [-0.4, -0.2) is 54.6 Å². The zero-order valence-corrected chi connectivity index (χ0v) is 18.6. The molecule has 0 heterocycles. The van der Waals surface area contributed by atoms with Crippen molar-refractivity contribution in [2.75, 3.05) is 64.4 Å². The van der Waals surface area contributed by atoms with Crippen molar-refractivity contribution in [3.63, 3.8) is 0 Å². The molecule has 0 bridgehead atoms. The standard InChI is InChI=1S/C21H30N2O2.C3H8/c1-22(2)20-9-5-18(6-10-20)17-19-7-11-21(12-8-19)23(13-15-24-3)14-16-25-4;1-3-2/h5-12H,13-17H2,1-4H3;3H2,1-2H3. The molecule has 4 heteroatoms. The molecule has 0 radical (unpaired) electrons. The fourth-order valence-electron chi connectivity index (χ4n) is 2.75. The molecule has 0 spiro atoms. The van der Waals surface area contributed by atoms with Crippen LogP contribution in [0.3, 0.4) is 0 Å². The Hall–Kier alpha value is -2.04. The van der Waals surface area contributed by atoms with Gasteiger partial charge in [0.2, 0.25) is 0 Å². The molecule has 2 aromatic rings. The first-order valence-electron chi connectivity index (χ1n) is 10.1. The summed E-state index contributed by atoms with van der Waals surface area (Å²) in [5.41, 5.74) is 5.08. The van der Waals surface area contributed by atoms with Gasteiger partial charge in [0, 0.05) is 52.8 Å². The Balaban J connectivity index is 0.00000122. The lowest BCUT2D eigenvalue weighted by Crippen LogP contribution is -2.30. The van der Waals surface area contributed by atoms with Gasteiger partial charge in [0.25, 0.3) is 0 Å². The number of anilines is 2. The highest BCUT2D eigenvalue weighted by Crippen LogP contribution is 2.19. The monoisotopic (exact) mass is 386 g/mol. The van der Waals surface area contributed by atoms with Gasteiger partial charge >= 0.3 is 0 Å². The van der Waals surface area contributed by atoms with Crippen LogP contribution in [-0.2, 0) is 15.9 Å². The van der Waals surface area contributed by atoms with Gasteiger partial charge in [-0.3, -0.25) is 0 Å². The van der Waals surface area contributed by atoms with Crippen LogP contribution in [0.4, 0.5) is 11.4 Å². The molecule has 0 aliphatic heterocycles. The molecule has 4 nitrogen and oxygen atoms in total. The summed E-state index contributed by atoms with van der Waals surface area (Å²) in [5, 5.41) is 0. The second-order valence-electron chi connectivity index (χ2n) is 7.08. The van der Waals surface area contributed by atoms with Crippen molar-refractivity contribution in [2.24, 2.45) is 0 Å². The Kier molecular flexibility index (Phi) is 12.0. The Morgan fingerprint density at radius 2 is 1.07 bits per heavy atom. The summed E-state index contributed by atoms with van der Waals surface area (Å²) >= 11 is 0.